The Morgan fingerprint density at radius 2 is 1.76 bits per heavy atom. The minimum atomic E-state index is -0.157. The van der Waals surface area contributed by atoms with E-state index >= 15 is 0 Å². The summed E-state index contributed by atoms with van der Waals surface area (Å²) in [7, 11) is 0. The second-order valence-corrected chi connectivity index (χ2v) is 5.95. The average Bonchev–Trinajstić information content (AvgIpc) is 3.02. The lowest BCUT2D eigenvalue weighted by Crippen LogP contribution is -2.22. The van der Waals surface area contributed by atoms with Gasteiger partial charge in [-0.25, -0.2) is 0 Å². The standard InChI is InChI=1S/C21H20N2O2/c1-14(22)17-10-8-16(9-11-17)13-23-21(24)19-12-20(25-15(19)2)18-6-4-3-5-7-18/h3-12,22H,13H2,1-2H3,(H,23,24). The summed E-state index contributed by atoms with van der Waals surface area (Å²) >= 11 is 0. The summed E-state index contributed by atoms with van der Waals surface area (Å²) in [5, 5.41) is 10.5. The number of furan rings is 1. The third-order valence-electron chi connectivity index (χ3n) is 4.06. The molecule has 126 valence electrons. The Morgan fingerprint density at radius 3 is 2.40 bits per heavy atom. The van der Waals surface area contributed by atoms with Gasteiger partial charge in [0.2, 0.25) is 0 Å². The Bertz CT molecular complexity index is 893. The van der Waals surface area contributed by atoms with Gasteiger partial charge in [0, 0.05) is 17.8 Å². The van der Waals surface area contributed by atoms with Gasteiger partial charge >= 0.3 is 0 Å². The molecule has 2 aromatic carbocycles. The van der Waals surface area contributed by atoms with Crippen LogP contribution in [-0.2, 0) is 6.54 Å². The lowest BCUT2D eigenvalue weighted by atomic mass is 10.1. The summed E-state index contributed by atoms with van der Waals surface area (Å²) in [5.74, 6) is 1.14. The van der Waals surface area contributed by atoms with E-state index in [1.807, 2.05) is 54.6 Å². The van der Waals surface area contributed by atoms with Crippen LogP contribution in [0.25, 0.3) is 11.3 Å². The molecule has 4 nitrogen and oxygen atoms in total. The monoisotopic (exact) mass is 332 g/mol. The van der Waals surface area contributed by atoms with Gasteiger partial charge in [0.1, 0.15) is 11.5 Å². The van der Waals surface area contributed by atoms with Crippen molar-refractivity contribution in [2.75, 3.05) is 0 Å². The molecule has 0 aliphatic rings. The zero-order valence-electron chi connectivity index (χ0n) is 14.3. The SMILES string of the molecule is CC(=N)c1ccc(CNC(=O)c2cc(-c3ccccc3)oc2C)cc1. The fourth-order valence-electron chi connectivity index (χ4n) is 2.60. The van der Waals surface area contributed by atoms with Crippen LogP contribution in [0.1, 0.15) is 34.2 Å². The first-order valence-corrected chi connectivity index (χ1v) is 8.13. The lowest BCUT2D eigenvalue weighted by molar-refractivity contribution is 0.0949. The van der Waals surface area contributed by atoms with Crippen molar-refractivity contribution >= 4 is 11.6 Å². The van der Waals surface area contributed by atoms with Crippen molar-refractivity contribution in [3.8, 4) is 11.3 Å². The number of carbonyl (C=O) groups excluding carboxylic acids is 1. The summed E-state index contributed by atoms with van der Waals surface area (Å²) in [6.45, 7) is 3.98. The fraction of sp³-hybridized carbons (Fsp3) is 0.143. The number of rotatable bonds is 5. The Labute approximate surface area is 147 Å². The molecule has 3 aromatic rings. The smallest absolute Gasteiger partial charge is 0.255 e. The summed E-state index contributed by atoms with van der Waals surface area (Å²) in [5.41, 5.74) is 3.89. The molecule has 0 fully saturated rings. The van der Waals surface area contributed by atoms with Gasteiger partial charge < -0.3 is 15.1 Å². The second-order valence-electron chi connectivity index (χ2n) is 5.95. The van der Waals surface area contributed by atoms with Gasteiger partial charge in [-0.2, -0.15) is 0 Å². The Kier molecular flexibility index (Phi) is 4.80. The van der Waals surface area contributed by atoms with E-state index in [0.717, 1.165) is 16.7 Å². The fourth-order valence-corrected chi connectivity index (χ4v) is 2.60. The molecule has 4 heteroatoms. The van der Waals surface area contributed by atoms with E-state index in [9.17, 15) is 4.79 Å². The van der Waals surface area contributed by atoms with Crippen LogP contribution < -0.4 is 5.32 Å². The molecule has 0 radical (unpaired) electrons. The van der Waals surface area contributed by atoms with Crippen LogP contribution in [-0.4, -0.2) is 11.6 Å². The van der Waals surface area contributed by atoms with E-state index in [-0.39, 0.29) is 5.91 Å². The quantitative estimate of drug-likeness (QED) is 0.672. The lowest BCUT2D eigenvalue weighted by Gasteiger charge is -2.05. The zero-order valence-corrected chi connectivity index (χ0v) is 14.3. The molecule has 0 aliphatic carbocycles. The van der Waals surface area contributed by atoms with Crippen LogP contribution in [0.15, 0.2) is 65.1 Å². The number of nitrogens with one attached hydrogen (secondary N) is 2. The van der Waals surface area contributed by atoms with Crippen molar-refractivity contribution in [1.29, 1.82) is 5.41 Å². The van der Waals surface area contributed by atoms with Gasteiger partial charge in [-0.1, -0.05) is 54.6 Å². The van der Waals surface area contributed by atoms with E-state index in [4.69, 9.17) is 9.83 Å². The predicted molar refractivity (Wildman–Crippen MR) is 99.0 cm³/mol. The molecule has 0 spiro atoms. The first-order valence-electron chi connectivity index (χ1n) is 8.13. The van der Waals surface area contributed by atoms with Crippen molar-refractivity contribution in [3.05, 3.63) is 83.1 Å². The van der Waals surface area contributed by atoms with Crippen LogP contribution in [0.2, 0.25) is 0 Å². The van der Waals surface area contributed by atoms with E-state index in [0.29, 0.717) is 29.3 Å². The van der Waals surface area contributed by atoms with Gasteiger partial charge in [0.25, 0.3) is 5.91 Å². The molecule has 1 amide bonds. The largest absolute Gasteiger partial charge is 0.461 e. The maximum atomic E-state index is 12.5. The van der Waals surface area contributed by atoms with Crippen molar-refractivity contribution in [2.24, 2.45) is 0 Å². The number of amides is 1. The van der Waals surface area contributed by atoms with E-state index in [1.165, 1.54) is 0 Å². The van der Waals surface area contributed by atoms with E-state index in [2.05, 4.69) is 5.32 Å². The third kappa shape index (κ3) is 3.86. The minimum Gasteiger partial charge on any atom is -0.461 e. The van der Waals surface area contributed by atoms with E-state index in [1.54, 1.807) is 19.9 Å². The molecule has 0 saturated carbocycles. The van der Waals surface area contributed by atoms with Gasteiger partial charge in [0.05, 0.1) is 5.56 Å². The number of aryl methyl sites for hydroxylation is 1. The predicted octanol–water partition coefficient (Wildman–Crippen LogP) is 4.57. The van der Waals surface area contributed by atoms with Crippen molar-refractivity contribution < 1.29 is 9.21 Å². The maximum absolute atomic E-state index is 12.5. The summed E-state index contributed by atoms with van der Waals surface area (Å²) in [6, 6.07) is 19.1. The average molecular weight is 332 g/mol. The van der Waals surface area contributed by atoms with Crippen LogP contribution in [0.3, 0.4) is 0 Å². The molecule has 3 rings (SSSR count). The van der Waals surface area contributed by atoms with Crippen LogP contribution in [0, 0.1) is 12.3 Å². The highest BCUT2D eigenvalue weighted by Gasteiger charge is 2.15. The maximum Gasteiger partial charge on any atom is 0.255 e. The second kappa shape index (κ2) is 7.18. The molecular weight excluding hydrogens is 312 g/mol. The highest BCUT2D eigenvalue weighted by atomic mass is 16.3. The molecule has 0 atom stereocenters. The molecule has 1 aromatic heterocycles. The van der Waals surface area contributed by atoms with Crippen LogP contribution in [0.5, 0.6) is 0 Å². The molecule has 1 heterocycles. The van der Waals surface area contributed by atoms with Crippen molar-refractivity contribution in [1.82, 2.24) is 5.32 Å². The summed E-state index contributed by atoms with van der Waals surface area (Å²) in [6.07, 6.45) is 0. The number of benzene rings is 2. The molecule has 25 heavy (non-hydrogen) atoms. The molecule has 2 N–H and O–H groups in total. The normalized spacial score (nSPS) is 10.5. The van der Waals surface area contributed by atoms with Gasteiger partial charge in [-0.3, -0.25) is 4.79 Å². The van der Waals surface area contributed by atoms with Crippen molar-refractivity contribution in [3.63, 3.8) is 0 Å². The van der Waals surface area contributed by atoms with Crippen molar-refractivity contribution in [2.45, 2.75) is 20.4 Å². The van der Waals surface area contributed by atoms with E-state index < -0.39 is 0 Å². The number of hydrogen-bond acceptors (Lipinski definition) is 3. The zero-order chi connectivity index (χ0) is 17.8. The first-order chi connectivity index (χ1) is 12.0. The third-order valence-corrected chi connectivity index (χ3v) is 4.06. The minimum absolute atomic E-state index is 0.157. The topological polar surface area (TPSA) is 66.1 Å². The first kappa shape index (κ1) is 16.7. The Hall–Kier alpha value is -3.14. The number of hydrogen-bond donors (Lipinski definition) is 2. The van der Waals surface area contributed by atoms with Crippen LogP contribution in [0.4, 0.5) is 0 Å². The molecule has 0 saturated heterocycles. The highest BCUT2D eigenvalue weighted by Crippen LogP contribution is 2.25. The molecule has 0 unspecified atom stereocenters. The molecule has 0 bridgehead atoms. The summed E-state index contributed by atoms with van der Waals surface area (Å²) in [4.78, 5) is 12.5. The molecule has 0 aliphatic heterocycles. The van der Waals surface area contributed by atoms with Gasteiger partial charge in [-0.15, -0.1) is 0 Å². The van der Waals surface area contributed by atoms with Crippen LogP contribution >= 0.6 is 0 Å². The van der Waals surface area contributed by atoms with Gasteiger partial charge in [0.15, 0.2) is 0 Å². The summed E-state index contributed by atoms with van der Waals surface area (Å²) < 4.78 is 5.73. The number of carbonyl (C=O) groups is 1. The Balaban J connectivity index is 1.69. The highest BCUT2D eigenvalue weighted by molar-refractivity contribution is 5.97. The Morgan fingerprint density at radius 1 is 1.08 bits per heavy atom. The van der Waals surface area contributed by atoms with Gasteiger partial charge in [-0.05, 0) is 31.0 Å². The molecular formula is C21H20N2O2.